The molecule has 2 aliphatic rings. The summed E-state index contributed by atoms with van der Waals surface area (Å²) in [4.78, 5) is 0. The van der Waals surface area contributed by atoms with Crippen molar-refractivity contribution in [2.75, 3.05) is 6.61 Å². The van der Waals surface area contributed by atoms with Crippen LogP contribution in [0.3, 0.4) is 0 Å². The van der Waals surface area contributed by atoms with E-state index in [-0.39, 0.29) is 0 Å². The summed E-state index contributed by atoms with van der Waals surface area (Å²) in [6, 6.07) is 0. The molecule has 0 spiro atoms. The molecule has 0 saturated carbocycles. The molecule has 0 aromatic rings. The fourth-order valence-corrected chi connectivity index (χ4v) is 1.53. The van der Waals surface area contributed by atoms with Gasteiger partial charge in [0.2, 0.25) is 0 Å². The monoisotopic (exact) mass is 110 g/mol. The van der Waals surface area contributed by atoms with E-state index < -0.39 is 0 Å². The molecule has 0 fully saturated rings. The maximum absolute atomic E-state index is 5.34. The third-order valence-electron chi connectivity index (χ3n) is 2.01. The van der Waals surface area contributed by atoms with Crippen LogP contribution in [-0.2, 0) is 4.74 Å². The zero-order chi connectivity index (χ0) is 5.56. The minimum absolute atomic E-state index is 0.743. The van der Waals surface area contributed by atoms with E-state index in [1.165, 1.54) is 18.6 Å². The highest BCUT2D eigenvalue weighted by Crippen LogP contribution is 2.40. The van der Waals surface area contributed by atoms with Gasteiger partial charge in [0.05, 0.1) is 12.4 Å². The van der Waals surface area contributed by atoms with Crippen molar-refractivity contribution in [1.29, 1.82) is 0 Å². The molecular formula is C7H10O. The third kappa shape index (κ3) is 0.371. The average Bonchev–Trinajstić information content (AvgIpc) is 2.09. The Morgan fingerprint density at radius 2 is 2.50 bits per heavy atom. The highest BCUT2D eigenvalue weighted by atomic mass is 16.5. The second kappa shape index (κ2) is 1.28. The Morgan fingerprint density at radius 3 is 3.00 bits per heavy atom. The van der Waals surface area contributed by atoms with Crippen LogP contribution in [0, 0.1) is 5.92 Å². The molecule has 1 aliphatic carbocycles. The minimum Gasteiger partial charge on any atom is -0.497 e. The van der Waals surface area contributed by atoms with Crippen molar-refractivity contribution in [2.45, 2.75) is 19.8 Å². The molecule has 0 aromatic carbocycles. The quantitative estimate of drug-likeness (QED) is 0.461. The highest BCUT2D eigenvalue weighted by molar-refractivity contribution is 5.25. The first-order valence-corrected chi connectivity index (χ1v) is 3.22. The maximum Gasteiger partial charge on any atom is 0.0984 e. The van der Waals surface area contributed by atoms with Gasteiger partial charge in [-0.25, -0.2) is 0 Å². The first-order chi connectivity index (χ1) is 3.88. The molecule has 2 rings (SSSR count). The molecule has 8 heavy (non-hydrogen) atoms. The summed E-state index contributed by atoms with van der Waals surface area (Å²) in [5, 5.41) is 0. The van der Waals surface area contributed by atoms with Gasteiger partial charge < -0.3 is 4.74 Å². The van der Waals surface area contributed by atoms with Crippen LogP contribution in [0.25, 0.3) is 0 Å². The fourth-order valence-electron chi connectivity index (χ4n) is 1.53. The van der Waals surface area contributed by atoms with Crippen LogP contribution in [0.2, 0.25) is 0 Å². The summed E-state index contributed by atoms with van der Waals surface area (Å²) < 4.78 is 5.34. The number of ether oxygens (including phenoxy) is 1. The van der Waals surface area contributed by atoms with Crippen LogP contribution < -0.4 is 0 Å². The van der Waals surface area contributed by atoms with Gasteiger partial charge in [0.15, 0.2) is 0 Å². The standard InChI is InChI=1S/C7H10O/c1-5-4-6-2-3-8-7(5)6/h5H,2-4H2,1H3. The number of hydrogen-bond donors (Lipinski definition) is 0. The smallest absolute Gasteiger partial charge is 0.0984 e. The summed E-state index contributed by atoms with van der Waals surface area (Å²) in [7, 11) is 0. The molecule has 0 aromatic heterocycles. The van der Waals surface area contributed by atoms with Crippen LogP contribution in [0.5, 0.6) is 0 Å². The van der Waals surface area contributed by atoms with Gasteiger partial charge in [-0.1, -0.05) is 6.92 Å². The summed E-state index contributed by atoms with van der Waals surface area (Å²) in [5.74, 6) is 2.05. The molecule has 44 valence electrons. The molecular weight excluding hydrogens is 100 g/mol. The SMILES string of the molecule is CC1CC2=C1OCC2. The molecule has 0 radical (unpaired) electrons. The second-order valence-electron chi connectivity index (χ2n) is 2.67. The van der Waals surface area contributed by atoms with E-state index in [9.17, 15) is 0 Å². The van der Waals surface area contributed by atoms with Gasteiger partial charge >= 0.3 is 0 Å². The van der Waals surface area contributed by atoms with Crippen molar-refractivity contribution in [3.8, 4) is 0 Å². The van der Waals surface area contributed by atoms with Gasteiger partial charge in [-0.05, 0) is 12.0 Å². The molecule has 0 saturated heterocycles. The molecule has 0 amide bonds. The number of rotatable bonds is 0. The Bertz CT molecular complexity index is 146. The molecule has 0 bridgehead atoms. The summed E-state index contributed by atoms with van der Waals surface area (Å²) in [6.07, 6.45) is 2.51. The lowest BCUT2D eigenvalue weighted by atomic mass is 9.85. The van der Waals surface area contributed by atoms with Gasteiger partial charge in [-0.2, -0.15) is 0 Å². The van der Waals surface area contributed by atoms with Crippen molar-refractivity contribution in [3.63, 3.8) is 0 Å². The zero-order valence-corrected chi connectivity index (χ0v) is 5.11. The summed E-state index contributed by atoms with van der Waals surface area (Å²) >= 11 is 0. The molecule has 1 heterocycles. The van der Waals surface area contributed by atoms with E-state index in [0.717, 1.165) is 12.5 Å². The Balaban J connectivity index is 2.24. The highest BCUT2D eigenvalue weighted by Gasteiger charge is 2.30. The largest absolute Gasteiger partial charge is 0.497 e. The van der Waals surface area contributed by atoms with Crippen molar-refractivity contribution < 1.29 is 4.74 Å². The Morgan fingerprint density at radius 1 is 1.62 bits per heavy atom. The third-order valence-corrected chi connectivity index (χ3v) is 2.01. The van der Waals surface area contributed by atoms with Gasteiger partial charge in [-0.3, -0.25) is 0 Å². The predicted octanol–water partition coefficient (Wildman–Crippen LogP) is 1.70. The van der Waals surface area contributed by atoms with Crippen molar-refractivity contribution >= 4 is 0 Å². The molecule has 1 atom stereocenters. The molecule has 1 unspecified atom stereocenters. The first-order valence-electron chi connectivity index (χ1n) is 3.22. The van der Waals surface area contributed by atoms with E-state index in [1.54, 1.807) is 5.57 Å². The lowest BCUT2D eigenvalue weighted by Crippen LogP contribution is -2.11. The maximum atomic E-state index is 5.34. The lowest BCUT2D eigenvalue weighted by Gasteiger charge is -2.22. The van der Waals surface area contributed by atoms with Crippen molar-refractivity contribution in [1.82, 2.24) is 0 Å². The summed E-state index contributed by atoms with van der Waals surface area (Å²) in [6.45, 7) is 3.18. The average molecular weight is 110 g/mol. The van der Waals surface area contributed by atoms with Crippen LogP contribution in [0.4, 0.5) is 0 Å². The van der Waals surface area contributed by atoms with E-state index in [2.05, 4.69) is 6.92 Å². The van der Waals surface area contributed by atoms with E-state index in [4.69, 9.17) is 4.74 Å². The molecule has 1 heteroatoms. The van der Waals surface area contributed by atoms with Crippen LogP contribution in [0.15, 0.2) is 11.3 Å². The van der Waals surface area contributed by atoms with E-state index >= 15 is 0 Å². The molecule has 1 aliphatic heterocycles. The lowest BCUT2D eigenvalue weighted by molar-refractivity contribution is 0.204. The van der Waals surface area contributed by atoms with Crippen molar-refractivity contribution in [3.05, 3.63) is 11.3 Å². The van der Waals surface area contributed by atoms with Crippen molar-refractivity contribution in [2.24, 2.45) is 5.92 Å². The molecule has 0 N–H and O–H groups in total. The zero-order valence-electron chi connectivity index (χ0n) is 5.11. The van der Waals surface area contributed by atoms with Crippen LogP contribution >= 0.6 is 0 Å². The predicted molar refractivity (Wildman–Crippen MR) is 31.4 cm³/mol. The Kier molecular flexibility index (Phi) is 0.706. The first kappa shape index (κ1) is 4.42. The van der Waals surface area contributed by atoms with Gasteiger partial charge in [-0.15, -0.1) is 0 Å². The van der Waals surface area contributed by atoms with Crippen LogP contribution in [-0.4, -0.2) is 6.61 Å². The van der Waals surface area contributed by atoms with Crippen LogP contribution in [0.1, 0.15) is 19.8 Å². The van der Waals surface area contributed by atoms with E-state index in [1.807, 2.05) is 0 Å². The Hall–Kier alpha value is -0.460. The molecule has 1 nitrogen and oxygen atoms in total. The topological polar surface area (TPSA) is 9.23 Å². The van der Waals surface area contributed by atoms with E-state index in [0.29, 0.717) is 0 Å². The number of allylic oxidation sites excluding steroid dienone is 1. The normalized spacial score (nSPS) is 33.9. The Labute approximate surface area is 49.3 Å². The minimum atomic E-state index is 0.743. The number of hydrogen-bond acceptors (Lipinski definition) is 1. The second-order valence-corrected chi connectivity index (χ2v) is 2.67. The van der Waals surface area contributed by atoms with Gasteiger partial charge in [0.1, 0.15) is 0 Å². The fraction of sp³-hybridized carbons (Fsp3) is 0.714. The van der Waals surface area contributed by atoms with Gasteiger partial charge in [0.25, 0.3) is 0 Å². The van der Waals surface area contributed by atoms with Gasteiger partial charge in [0, 0.05) is 12.3 Å². The summed E-state index contributed by atoms with van der Waals surface area (Å²) in [5.41, 5.74) is 1.58.